The molecule has 5 nitrogen and oxygen atoms in total. The van der Waals surface area contributed by atoms with Crippen molar-refractivity contribution in [2.75, 3.05) is 18.0 Å². The van der Waals surface area contributed by atoms with Crippen LogP contribution in [0, 0.1) is 5.82 Å². The van der Waals surface area contributed by atoms with Gasteiger partial charge in [0.1, 0.15) is 21.2 Å². The van der Waals surface area contributed by atoms with Gasteiger partial charge in [0.25, 0.3) is 0 Å². The van der Waals surface area contributed by atoms with Crippen molar-refractivity contribution in [3.8, 4) is 10.6 Å². The van der Waals surface area contributed by atoms with Gasteiger partial charge in [-0.15, -0.1) is 12.4 Å². The van der Waals surface area contributed by atoms with Crippen molar-refractivity contribution in [3.63, 3.8) is 0 Å². The Hall–Kier alpha value is -3.03. The van der Waals surface area contributed by atoms with Crippen molar-refractivity contribution < 1.29 is 14.3 Å². The highest BCUT2D eigenvalue weighted by atomic mass is 35.5. The molecule has 176 valence electrons. The average molecular weight is 498 g/mol. The fourth-order valence-electron chi connectivity index (χ4n) is 4.35. The smallest absolute Gasteiger partial charge is 0.305 e. The molecule has 1 saturated carbocycles. The number of carboxylic acid groups (broad SMARTS) is 1. The lowest BCUT2D eigenvalue weighted by Gasteiger charge is -2.22. The largest absolute Gasteiger partial charge is 0.481 e. The number of carbonyl (C=O) groups is 1. The van der Waals surface area contributed by atoms with Gasteiger partial charge in [0, 0.05) is 29.8 Å². The predicted octanol–water partition coefficient (Wildman–Crippen LogP) is 6.30. The highest BCUT2D eigenvalue weighted by molar-refractivity contribution is 7.21. The Kier molecular flexibility index (Phi) is 6.86. The topological polar surface area (TPSA) is 66.3 Å². The Balaban J connectivity index is 0.00000274. The summed E-state index contributed by atoms with van der Waals surface area (Å²) in [6, 6.07) is 19.5. The van der Waals surface area contributed by atoms with Gasteiger partial charge in [-0.1, -0.05) is 41.7 Å². The second-order valence-corrected chi connectivity index (χ2v) is 9.35. The molecule has 2 aromatic heterocycles. The van der Waals surface area contributed by atoms with Crippen LogP contribution in [0.2, 0.25) is 0 Å². The van der Waals surface area contributed by atoms with Crippen LogP contribution in [-0.4, -0.2) is 34.1 Å². The van der Waals surface area contributed by atoms with Crippen LogP contribution in [-0.2, 0) is 10.2 Å². The van der Waals surface area contributed by atoms with Crippen molar-refractivity contribution >= 4 is 45.7 Å². The molecular formula is C26H25ClFN3O2S. The van der Waals surface area contributed by atoms with Gasteiger partial charge < -0.3 is 10.0 Å². The Morgan fingerprint density at radius 1 is 1.12 bits per heavy atom. The molecule has 1 aliphatic rings. The van der Waals surface area contributed by atoms with Crippen LogP contribution in [0.4, 0.5) is 10.1 Å². The first-order chi connectivity index (χ1) is 16.0. The first-order valence-corrected chi connectivity index (χ1v) is 11.9. The van der Waals surface area contributed by atoms with Gasteiger partial charge >= 0.3 is 5.97 Å². The molecule has 0 saturated heterocycles. The minimum absolute atomic E-state index is 0. The number of benzene rings is 2. The molecule has 2 aromatic carbocycles. The molecule has 0 spiro atoms. The van der Waals surface area contributed by atoms with Crippen molar-refractivity contribution in [2.45, 2.75) is 31.6 Å². The molecular weight excluding hydrogens is 473 g/mol. The van der Waals surface area contributed by atoms with Crippen LogP contribution in [0.15, 0.2) is 60.7 Å². The molecule has 34 heavy (non-hydrogen) atoms. The van der Waals surface area contributed by atoms with Crippen molar-refractivity contribution in [1.82, 2.24) is 9.97 Å². The highest BCUT2D eigenvalue weighted by Crippen LogP contribution is 2.53. The first kappa shape index (κ1) is 24.1. The van der Waals surface area contributed by atoms with E-state index in [1.54, 1.807) is 6.07 Å². The molecule has 0 radical (unpaired) electrons. The third-order valence-corrected chi connectivity index (χ3v) is 7.35. The molecule has 0 unspecified atom stereocenters. The zero-order chi connectivity index (χ0) is 23.0. The predicted molar refractivity (Wildman–Crippen MR) is 137 cm³/mol. The molecule has 2 heterocycles. The molecule has 5 rings (SSSR count). The van der Waals surface area contributed by atoms with Crippen LogP contribution in [0.25, 0.3) is 20.9 Å². The lowest BCUT2D eigenvalue weighted by Crippen LogP contribution is -2.25. The van der Waals surface area contributed by atoms with Gasteiger partial charge in [-0.05, 0) is 55.7 Å². The molecule has 8 heteroatoms. The number of hydrogen-bond donors (Lipinski definition) is 1. The second-order valence-electron chi connectivity index (χ2n) is 8.38. The minimum atomic E-state index is -0.868. The number of hydrogen-bond acceptors (Lipinski definition) is 5. The van der Waals surface area contributed by atoms with E-state index in [9.17, 15) is 4.79 Å². The standard InChI is InChI=1S/C26H24FN3O2S.ClH/c1-2-30(15-12-23(31)32)18-8-9-19(20(27)16-18)24-28-21-10-11-22(29-25(21)33-24)26(13-14-26)17-6-4-3-5-7-17;/h3-11,16H,2,12-15H2,1H3,(H,31,32);1H. The van der Waals surface area contributed by atoms with Crippen LogP contribution < -0.4 is 4.90 Å². The maximum atomic E-state index is 15.1. The van der Waals surface area contributed by atoms with Gasteiger partial charge in [-0.25, -0.2) is 14.4 Å². The number of fused-ring (bicyclic) bond motifs is 1. The van der Waals surface area contributed by atoms with Crippen molar-refractivity contribution in [1.29, 1.82) is 0 Å². The summed E-state index contributed by atoms with van der Waals surface area (Å²) in [4.78, 5) is 23.1. The summed E-state index contributed by atoms with van der Waals surface area (Å²) in [5.41, 5.74) is 4.17. The summed E-state index contributed by atoms with van der Waals surface area (Å²) in [6.07, 6.45) is 2.16. The zero-order valence-corrected chi connectivity index (χ0v) is 20.3. The fraction of sp³-hybridized carbons (Fsp3) is 0.269. The second kappa shape index (κ2) is 9.68. The Bertz CT molecular complexity index is 1320. The summed E-state index contributed by atoms with van der Waals surface area (Å²) in [5.74, 6) is -1.24. The lowest BCUT2D eigenvalue weighted by molar-refractivity contribution is -0.136. The van der Waals surface area contributed by atoms with Gasteiger partial charge in [0.05, 0.1) is 12.1 Å². The van der Waals surface area contributed by atoms with E-state index in [2.05, 4.69) is 29.2 Å². The molecule has 1 N–H and O–H groups in total. The summed E-state index contributed by atoms with van der Waals surface area (Å²) < 4.78 is 15.1. The third kappa shape index (κ3) is 4.50. The number of halogens is 2. The Morgan fingerprint density at radius 3 is 2.53 bits per heavy atom. The Labute approximate surface area is 207 Å². The quantitative estimate of drug-likeness (QED) is 0.309. The van der Waals surface area contributed by atoms with E-state index in [4.69, 9.17) is 10.1 Å². The van der Waals surface area contributed by atoms with E-state index < -0.39 is 5.97 Å². The van der Waals surface area contributed by atoms with Gasteiger partial charge in [-0.2, -0.15) is 0 Å². The number of pyridine rings is 1. The van der Waals surface area contributed by atoms with Gasteiger partial charge in [0.2, 0.25) is 0 Å². The number of nitrogens with zero attached hydrogens (tertiary/aromatic N) is 3. The van der Waals surface area contributed by atoms with Crippen molar-refractivity contribution in [3.05, 3.63) is 77.7 Å². The summed E-state index contributed by atoms with van der Waals surface area (Å²) in [5, 5.41) is 9.54. The fourth-order valence-corrected chi connectivity index (χ4v) is 5.31. The van der Waals surface area contributed by atoms with Crippen molar-refractivity contribution in [2.24, 2.45) is 0 Å². The molecule has 0 atom stereocenters. The molecule has 0 aliphatic heterocycles. The molecule has 1 fully saturated rings. The van der Waals surface area contributed by atoms with Crippen LogP contribution in [0.5, 0.6) is 0 Å². The van der Waals surface area contributed by atoms with Gasteiger partial charge in [-0.3, -0.25) is 4.79 Å². The summed E-state index contributed by atoms with van der Waals surface area (Å²) in [7, 11) is 0. The Morgan fingerprint density at radius 2 is 1.88 bits per heavy atom. The number of anilines is 1. The van der Waals surface area contributed by atoms with E-state index in [1.807, 2.05) is 36.1 Å². The number of carboxylic acids is 1. The normalized spacial score (nSPS) is 13.9. The van der Waals surface area contributed by atoms with Crippen LogP contribution in [0.1, 0.15) is 37.4 Å². The number of aromatic nitrogens is 2. The summed E-state index contributed by atoms with van der Waals surface area (Å²) in [6.45, 7) is 2.86. The third-order valence-electron chi connectivity index (χ3n) is 6.35. The average Bonchev–Trinajstić information content (AvgIpc) is 3.53. The van der Waals surface area contributed by atoms with E-state index in [1.165, 1.54) is 23.0 Å². The van der Waals surface area contributed by atoms with E-state index in [-0.39, 0.29) is 30.1 Å². The number of rotatable bonds is 8. The number of aliphatic carboxylic acids is 1. The molecule has 1 aliphatic carbocycles. The first-order valence-electron chi connectivity index (χ1n) is 11.1. The molecule has 4 aromatic rings. The van der Waals surface area contributed by atoms with Gasteiger partial charge in [0.15, 0.2) is 0 Å². The highest BCUT2D eigenvalue weighted by Gasteiger charge is 2.47. The zero-order valence-electron chi connectivity index (χ0n) is 18.7. The molecule has 0 bridgehead atoms. The van der Waals surface area contributed by atoms with E-state index >= 15 is 4.39 Å². The monoisotopic (exact) mass is 497 g/mol. The maximum absolute atomic E-state index is 15.1. The maximum Gasteiger partial charge on any atom is 0.305 e. The van der Waals surface area contributed by atoms with E-state index in [0.29, 0.717) is 29.3 Å². The molecule has 0 amide bonds. The van der Waals surface area contributed by atoms with Crippen LogP contribution >= 0.6 is 23.7 Å². The summed E-state index contributed by atoms with van der Waals surface area (Å²) >= 11 is 1.40. The number of thiazole rings is 1. The SMILES string of the molecule is CCN(CCC(=O)O)c1ccc(-c2nc3ccc(C4(c5ccccc5)CC4)nc3s2)c(F)c1.Cl. The van der Waals surface area contributed by atoms with Crippen LogP contribution in [0.3, 0.4) is 0 Å². The minimum Gasteiger partial charge on any atom is -0.481 e. The van der Waals surface area contributed by atoms with E-state index in [0.717, 1.165) is 28.9 Å². The lowest BCUT2D eigenvalue weighted by atomic mass is 9.92.